The molecule has 2 aromatic heterocycles. The van der Waals surface area contributed by atoms with E-state index in [2.05, 4.69) is 15.5 Å². The second-order valence-corrected chi connectivity index (χ2v) is 4.52. The third-order valence-corrected chi connectivity index (χ3v) is 2.90. The third kappa shape index (κ3) is 3.31. The van der Waals surface area contributed by atoms with Gasteiger partial charge in [0.2, 0.25) is 5.91 Å². The number of hydrogen-bond acceptors (Lipinski definition) is 4. The number of carboxylic acids is 1. The van der Waals surface area contributed by atoms with Crippen molar-refractivity contribution in [1.82, 2.24) is 19.9 Å². The number of fused-ring (bicyclic) bond motifs is 1. The maximum atomic E-state index is 11.7. The number of amides is 1. The van der Waals surface area contributed by atoms with Gasteiger partial charge in [0, 0.05) is 19.0 Å². The second-order valence-electron chi connectivity index (χ2n) is 4.52. The minimum Gasteiger partial charge on any atom is -0.481 e. The van der Waals surface area contributed by atoms with Crippen LogP contribution in [0.25, 0.3) is 5.65 Å². The average Bonchev–Trinajstić information content (AvgIpc) is 2.82. The summed E-state index contributed by atoms with van der Waals surface area (Å²) in [6.45, 7) is 1.82. The fourth-order valence-electron chi connectivity index (χ4n) is 1.93. The van der Waals surface area contributed by atoms with Crippen LogP contribution in [0.3, 0.4) is 0 Å². The Bertz CT molecular complexity index is 623. The van der Waals surface area contributed by atoms with Crippen LogP contribution in [0.4, 0.5) is 0 Å². The highest BCUT2D eigenvalue weighted by atomic mass is 16.4. The van der Waals surface area contributed by atoms with Gasteiger partial charge in [-0.15, -0.1) is 10.2 Å². The summed E-state index contributed by atoms with van der Waals surface area (Å²) >= 11 is 0. The van der Waals surface area contributed by atoms with Crippen molar-refractivity contribution in [3.05, 3.63) is 30.2 Å². The van der Waals surface area contributed by atoms with Crippen LogP contribution in [0.5, 0.6) is 0 Å². The van der Waals surface area contributed by atoms with Crippen molar-refractivity contribution in [2.75, 3.05) is 0 Å². The Labute approximate surface area is 115 Å². The minimum atomic E-state index is -0.894. The molecule has 2 aromatic rings. The van der Waals surface area contributed by atoms with Crippen LogP contribution in [0.1, 0.15) is 38.1 Å². The summed E-state index contributed by atoms with van der Waals surface area (Å²) < 4.78 is 1.81. The fourth-order valence-corrected chi connectivity index (χ4v) is 1.93. The summed E-state index contributed by atoms with van der Waals surface area (Å²) in [5, 5.41) is 19.4. The lowest BCUT2D eigenvalue weighted by molar-refractivity contribution is -0.137. The van der Waals surface area contributed by atoms with Crippen LogP contribution in [0.15, 0.2) is 24.4 Å². The molecule has 7 heteroatoms. The van der Waals surface area contributed by atoms with Gasteiger partial charge < -0.3 is 10.4 Å². The molecule has 20 heavy (non-hydrogen) atoms. The van der Waals surface area contributed by atoms with Gasteiger partial charge in [0.1, 0.15) is 0 Å². The predicted octanol–water partition coefficient (Wildman–Crippen LogP) is 1.16. The molecule has 0 radical (unpaired) electrons. The second kappa shape index (κ2) is 6.14. The molecule has 2 rings (SSSR count). The van der Waals surface area contributed by atoms with E-state index in [9.17, 15) is 9.59 Å². The van der Waals surface area contributed by atoms with Gasteiger partial charge in [-0.2, -0.15) is 0 Å². The van der Waals surface area contributed by atoms with E-state index in [1.807, 2.05) is 35.7 Å². The molecule has 0 fully saturated rings. The summed E-state index contributed by atoms with van der Waals surface area (Å²) in [6, 6.07) is 5.27. The first-order valence-electron chi connectivity index (χ1n) is 6.38. The minimum absolute atomic E-state index is 0.00430. The molecule has 0 aliphatic carbocycles. The molecule has 1 atom stereocenters. The van der Waals surface area contributed by atoms with Crippen molar-refractivity contribution in [3.63, 3.8) is 0 Å². The Kier molecular flexibility index (Phi) is 4.29. The summed E-state index contributed by atoms with van der Waals surface area (Å²) in [7, 11) is 0. The van der Waals surface area contributed by atoms with Crippen molar-refractivity contribution in [1.29, 1.82) is 0 Å². The zero-order valence-electron chi connectivity index (χ0n) is 11.1. The molecule has 0 saturated carbocycles. The molecule has 2 heterocycles. The Balaban J connectivity index is 1.96. The number of pyridine rings is 1. The molecule has 0 aliphatic rings. The standard InChI is InChI=1S/C13H16N4O3/c1-9(14-11(18)6-4-7-12(19)20)13-16-15-10-5-2-3-8-17(10)13/h2-3,5,8-9H,4,6-7H2,1H3,(H,14,18)(H,19,20)/t9-/m1/s1. The zero-order chi connectivity index (χ0) is 14.5. The number of hydrogen-bond donors (Lipinski definition) is 2. The highest BCUT2D eigenvalue weighted by Crippen LogP contribution is 2.12. The Morgan fingerprint density at radius 2 is 2.15 bits per heavy atom. The molecular formula is C13H16N4O3. The van der Waals surface area contributed by atoms with E-state index in [-0.39, 0.29) is 24.8 Å². The van der Waals surface area contributed by atoms with Crippen molar-refractivity contribution < 1.29 is 14.7 Å². The fraction of sp³-hybridized carbons (Fsp3) is 0.385. The van der Waals surface area contributed by atoms with Crippen LogP contribution >= 0.6 is 0 Å². The number of aromatic nitrogens is 3. The summed E-state index contributed by atoms with van der Waals surface area (Å²) in [6.07, 6.45) is 2.34. The smallest absolute Gasteiger partial charge is 0.303 e. The summed E-state index contributed by atoms with van der Waals surface area (Å²) in [5.74, 6) is -0.437. The van der Waals surface area contributed by atoms with Gasteiger partial charge in [0.25, 0.3) is 0 Å². The summed E-state index contributed by atoms with van der Waals surface area (Å²) in [4.78, 5) is 22.1. The van der Waals surface area contributed by atoms with E-state index < -0.39 is 5.97 Å². The highest BCUT2D eigenvalue weighted by molar-refractivity contribution is 5.77. The zero-order valence-corrected chi connectivity index (χ0v) is 11.1. The lowest BCUT2D eigenvalue weighted by atomic mass is 10.2. The van der Waals surface area contributed by atoms with Crippen molar-refractivity contribution >= 4 is 17.5 Å². The van der Waals surface area contributed by atoms with Gasteiger partial charge in [-0.1, -0.05) is 6.07 Å². The van der Waals surface area contributed by atoms with Crippen LogP contribution < -0.4 is 5.32 Å². The van der Waals surface area contributed by atoms with E-state index in [0.717, 1.165) is 5.65 Å². The topological polar surface area (TPSA) is 96.6 Å². The van der Waals surface area contributed by atoms with Gasteiger partial charge in [-0.25, -0.2) is 0 Å². The first-order chi connectivity index (χ1) is 9.58. The third-order valence-electron chi connectivity index (χ3n) is 2.90. The number of carbonyl (C=O) groups is 2. The lowest BCUT2D eigenvalue weighted by Gasteiger charge is -2.12. The first-order valence-corrected chi connectivity index (χ1v) is 6.38. The van der Waals surface area contributed by atoms with Crippen LogP contribution in [0, 0.1) is 0 Å². The SMILES string of the molecule is C[C@@H](NC(=O)CCCC(=O)O)c1nnc2ccccn12. The number of rotatable bonds is 6. The molecule has 7 nitrogen and oxygen atoms in total. The highest BCUT2D eigenvalue weighted by Gasteiger charge is 2.15. The van der Waals surface area contributed by atoms with Gasteiger partial charge in [0.05, 0.1) is 6.04 Å². The number of carbonyl (C=O) groups excluding carboxylic acids is 1. The van der Waals surface area contributed by atoms with E-state index >= 15 is 0 Å². The van der Waals surface area contributed by atoms with Gasteiger partial charge >= 0.3 is 5.97 Å². The summed E-state index contributed by atoms with van der Waals surface area (Å²) in [5.41, 5.74) is 0.717. The molecule has 1 amide bonds. The number of carboxylic acid groups (broad SMARTS) is 1. The number of aliphatic carboxylic acids is 1. The Morgan fingerprint density at radius 3 is 2.90 bits per heavy atom. The molecule has 0 bridgehead atoms. The maximum Gasteiger partial charge on any atom is 0.303 e. The van der Waals surface area contributed by atoms with Crippen LogP contribution in [-0.4, -0.2) is 31.6 Å². The molecule has 0 spiro atoms. The Morgan fingerprint density at radius 1 is 1.35 bits per heavy atom. The monoisotopic (exact) mass is 276 g/mol. The van der Waals surface area contributed by atoms with Crippen molar-refractivity contribution in [2.45, 2.75) is 32.2 Å². The van der Waals surface area contributed by atoms with Crippen molar-refractivity contribution in [2.24, 2.45) is 0 Å². The largest absolute Gasteiger partial charge is 0.481 e. The van der Waals surface area contributed by atoms with Gasteiger partial charge in [0.15, 0.2) is 11.5 Å². The number of nitrogens with one attached hydrogen (secondary N) is 1. The maximum absolute atomic E-state index is 11.7. The molecule has 106 valence electrons. The molecule has 0 aliphatic heterocycles. The van der Waals surface area contributed by atoms with Crippen LogP contribution in [-0.2, 0) is 9.59 Å². The van der Waals surface area contributed by atoms with Crippen molar-refractivity contribution in [3.8, 4) is 0 Å². The van der Waals surface area contributed by atoms with E-state index in [1.165, 1.54) is 0 Å². The molecule has 0 saturated heterocycles. The molecule has 0 unspecified atom stereocenters. The lowest BCUT2D eigenvalue weighted by Crippen LogP contribution is -2.27. The Hall–Kier alpha value is -2.44. The van der Waals surface area contributed by atoms with E-state index in [0.29, 0.717) is 12.2 Å². The first kappa shape index (κ1) is 14.0. The normalized spacial score (nSPS) is 12.2. The average molecular weight is 276 g/mol. The van der Waals surface area contributed by atoms with Crippen LogP contribution in [0.2, 0.25) is 0 Å². The van der Waals surface area contributed by atoms with Gasteiger partial charge in [-0.3, -0.25) is 14.0 Å². The number of nitrogens with zero attached hydrogens (tertiary/aromatic N) is 3. The molecule has 2 N–H and O–H groups in total. The molecular weight excluding hydrogens is 260 g/mol. The van der Waals surface area contributed by atoms with E-state index in [1.54, 1.807) is 0 Å². The van der Waals surface area contributed by atoms with Gasteiger partial charge in [-0.05, 0) is 25.5 Å². The van der Waals surface area contributed by atoms with E-state index in [4.69, 9.17) is 5.11 Å². The predicted molar refractivity (Wildman–Crippen MR) is 71.0 cm³/mol. The molecule has 0 aromatic carbocycles. The quantitative estimate of drug-likeness (QED) is 0.825.